The average molecular weight is 484 g/mol. The van der Waals surface area contributed by atoms with Crippen LogP contribution in [0.1, 0.15) is 32.4 Å². The van der Waals surface area contributed by atoms with Crippen LogP contribution in [0.3, 0.4) is 0 Å². The van der Waals surface area contributed by atoms with E-state index >= 15 is 0 Å². The number of aliphatic carboxylic acids is 3. The highest BCUT2D eigenvalue weighted by Crippen LogP contribution is 2.06. The molecule has 0 saturated heterocycles. The number of carbonyl (C=O) groups is 6. The van der Waals surface area contributed by atoms with Crippen LogP contribution in [-0.2, 0) is 35.2 Å². The van der Waals surface area contributed by atoms with E-state index in [1.165, 1.54) is 12.5 Å². The zero-order valence-corrected chi connectivity index (χ0v) is 18.5. The summed E-state index contributed by atoms with van der Waals surface area (Å²) in [6.45, 7) is 3.09. The van der Waals surface area contributed by atoms with Crippen LogP contribution in [0.2, 0.25) is 0 Å². The monoisotopic (exact) mass is 484 g/mol. The van der Waals surface area contributed by atoms with Crippen molar-refractivity contribution < 1.29 is 44.1 Å². The summed E-state index contributed by atoms with van der Waals surface area (Å²) in [5.74, 6) is -7.67. The van der Waals surface area contributed by atoms with Crippen molar-refractivity contribution in [2.75, 3.05) is 0 Å². The van der Waals surface area contributed by atoms with Crippen LogP contribution in [-0.4, -0.2) is 85.1 Å². The Bertz CT molecular complexity index is 902. The molecule has 1 heterocycles. The molecule has 34 heavy (non-hydrogen) atoms. The number of amides is 3. The highest BCUT2D eigenvalue weighted by molar-refractivity contribution is 5.96. The maximum absolute atomic E-state index is 12.8. The van der Waals surface area contributed by atoms with E-state index in [0.717, 1.165) is 0 Å². The van der Waals surface area contributed by atoms with Crippen LogP contribution < -0.4 is 21.7 Å². The Kier molecular flexibility index (Phi) is 10.6. The summed E-state index contributed by atoms with van der Waals surface area (Å²) < 4.78 is 0. The van der Waals surface area contributed by atoms with Gasteiger partial charge < -0.3 is 42.0 Å². The van der Waals surface area contributed by atoms with Gasteiger partial charge in [0.1, 0.15) is 18.1 Å². The lowest BCUT2D eigenvalue weighted by atomic mass is 10.0. The molecule has 4 atom stereocenters. The first-order valence-electron chi connectivity index (χ1n) is 10.1. The first kappa shape index (κ1) is 28.0. The Hall–Kier alpha value is -4.01. The van der Waals surface area contributed by atoms with E-state index in [2.05, 4.69) is 25.9 Å². The Morgan fingerprint density at radius 2 is 1.50 bits per heavy atom. The summed E-state index contributed by atoms with van der Waals surface area (Å²) >= 11 is 0. The van der Waals surface area contributed by atoms with Crippen LogP contribution in [0, 0.1) is 5.92 Å². The van der Waals surface area contributed by atoms with Gasteiger partial charge in [0.05, 0.1) is 25.2 Å². The molecule has 3 amide bonds. The Balaban J connectivity index is 2.96. The summed E-state index contributed by atoms with van der Waals surface area (Å²) in [6, 6.07) is -5.84. The van der Waals surface area contributed by atoms with E-state index in [9.17, 15) is 33.9 Å². The third-order valence-corrected chi connectivity index (χ3v) is 4.58. The van der Waals surface area contributed by atoms with Crippen molar-refractivity contribution in [3.05, 3.63) is 18.2 Å². The lowest BCUT2D eigenvalue weighted by molar-refractivity contribution is -0.143. The minimum Gasteiger partial charge on any atom is -0.481 e. The fourth-order valence-electron chi connectivity index (χ4n) is 2.81. The third-order valence-electron chi connectivity index (χ3n) is 4.58. The number of H-pyrrole nitrogens is 1. The average Bonchev–Trinajstić information content (AvgIpc) is 3.22. The maximum atomic E-state index is 12.8. The SMILES string of the molecule is CC(C)C(NC(=O)C(N)CC(=O)O)C(=O)NC(CC(=O)O)C(=O)NC(Cc1cnc[nH]1)C(=O)O. The van der Waals surface area contributed by atoms with Crippen LogP contribution >= 0.6 is 0 Å². The number of carbonyl (C=O) groups excluding carboxylic acids is 3. The number of aromatic amines is 1. The van der Waals surface area contributed by atoms with Gasteiger partial charge in [-0.05, 0) is 5.92 Å². The van der Waals surface area contributed by atoms with Crippen LogP contribution in [0.25, 0.3) is 0 Å². The molecular formula is C19H28N6O9. The number of carboxylic acid groups (broad SMARTS) is 3. The van der Waals surface area contributed by atoms with Gasteiger partial charge in [-0.2, -0.15) is 0 Å². The normalized spacial score (nSPS) is 14.4. The second kappa shape index (κ2) is 12.9. The first-order chi connectivity index (χ1) is 15.8. The maximum Gasteiger partial charge on any atom is 0.326 e. The van der Waals surface area contributed by atoms with E-state index < -0.39 is 78.6 Å². The van der Waals surface area contributed by atoms with Gasteiger partial charge in [-0.1, -0.05) is 13.8 Å². The van der Waals surface area contributed by atoms with Crippen molar-refractivity contribution in [2.45, 2.75) is 57.3 Å². The fraction of sp³-hybridized carbons (Fsp3) is 0.526. The van der Waals surface area contributed by atoms with Gasteiger partial charge in [0.2, 0.25) is 17.7 Å². The van der Waals surface area contributed by atoms with E-state index in [1.54, 1.807) is 13.8 Å². The van der Waals surface area contributed by atoms with Crippen molar-refractivity contribution >= 4 is 35.6 Å². The molecule has 0 radical (unpaired) electrons. The highest BCUT2D eigenvalue weighted by Gasteiger charge is 2.33. The molecule has 0 spiro atoms. The molecule has 15 heteroatoms. The minimum atomic E-state index is -1.67. The van der Waals surface area contributed by atoms with Gasteiger partial charge in [-0.15, -0.1) is 0 Å². The van der Waals surface area contributed by atoms with Gasteiger partial charge in [0, 0.05) is 18.3 Å². The quantitative estimate of drug-likeness (QED) is 0.136. The molecule has 4 unspecified atom stereocenters. The topological polar surface area (TPSA) is 254 Å². The molecule has 188 valence electrons. The van der Waals surface area contributed by atoms with E-state index in [-0.39, 0.29) is 6.42 Å². The van der Waals surface area contributed by atoms with Crippen molar-refractivity contribution in [3.8, 4) is 0 Å². The molecular weight excluding hydrogens is 456 g/mol. The molecule has 1 aromatic heterocycles. The van der Waals surface area contributed by atoms with Gasteiger partial charge in [-0.3, -0.25) is 24.0 Å². The molecule has 0 aromatic carbocycles. The number of imidazole rings is 1. The zero-order valence-electron chi connectivity index (χ0n) is 18.5. The second-order valence-electron chi connectivity index (χ2n) is 7.77. The van der Waals surface area contributed by atoms with E-state index in [1.807, 2.05) is 0 Å². The van der Waals surface area contributed by atoms with Crippen molar-refractivity contribution in [2.24, 2.45) is 11.7 Å². The predicted octanol–water partition coefficient (Wildman–Crippen LogP) is -2.58. The number of rotatable bonds is 14. The number of aromatic nitrogens is 2. The van der Waals surface area contributed by atoms with E-state index in [4.69, 9.17) is 15.9 Å². The van der Waals surface area contributed by atoms with Gasteiger partial charge in [0.15, 0.2) is 0 Å². The first-order valence-corrected chi connectivity index (χ1v) is 10.1. The molecule has 1 rings (SSSR count). The van der Waals surface area contributed by atoms with Gasteiger partial charge in [-0.25, -0.2) is 9.78 Å². The lowest BCUT2D eigenvalue weighted by Crippen LogP contribution is -2.59. The second-order valence-corrected chi connectivity index (χ2v) is 7.77. The molecule has 1 aromatic rings. The molecule has 15 nitrogen and oxygen atoms in total. The number of nitrogens with zero attached hydrogens (tertiary/aromatic N) is 1. The molecule has 0 fully saturated rings. The summed E-state index contributed by atoms with van der Waals surface area (Å²) in [7, 11) is 0. The summed E-state index contributed by atoms with van der Waals surface area (Å²) in [5.41, 5.74) is 5.89. The molecule has 0 saturated carbocycles. The predicted molar refractivity (Wildman–Crippen MR) is 113 cm³/mol. The number of hydrogen-bond donors (Lipinski definition) is 8. The number of nitrogens with two attached hydrogens (primary N) is 1. The van der Waals surface area contributed by atoms with Crippen LogP contribution in [0.4, 0.5) is 0 Å². The largest absolute Gasteiger partial charge is 0.481 e. The van der Waals surface area contributed by atoms with Crippen molar-refractivity contribution in [1.29, 1.82) is 0 Å². The number of carboxylic acids is 3. The molecule has 0 aliphatic rings. The lowest BCUT2D eigenvalue weighted by Gasteiger charge is -2.26. The highest BCUT2D eigenvalue weighted by atomic mass is 16.4. The van der Waals surface area contributed by atoms with Crippen molar-refractivity contribution in [3.63, 3.8) is 0 Å². The molecule has 9 N–H and O–H groups in total. The summed E-state index contributed by atoms with van der Waals surface area (Å²) in [4.78, 5) is 77.5. The number of hydrogen-bond acceptors (Lipinski definition) is 8. The van der Waals surface area contributed by atoms with E-state index in [0.29, 0.717) is 5.69 Å². The molecule has 0 aliphatic carbocycles. The third kappa shape index (κ3) is 9.23. The Morgan fingerprint density at radius 1 is 0.912 bits per heavy atom. The number of nitrogens with one attached hydrogen (secondary N) is 4. The Labute approximate surface area is 193 Å². The van der Waals surface area contributed by atoms with Crippen molar-refractivity contribution in [1.82, 2.24) is 25.9 Å². The smallest absolute Gasteiger partial charge is 0.326 e. The van der Waals surface area contributed by atoms with Crippen LogP contribution in [0.15, 0.2) is 12.5 Å². The van der Waals surface area contributed by atoms with Gasteiger partial charge in [0.25, 0.3) is 0 Å². The van der Waals surface area contributed by atoms with Crippen LogP contribution in [0.5, 0.6) is 0 Å². The molecule has 0 bridgehead atoms. The zero-order chi connectivity index (χ0) is 26.0. The Morgan fingerprint density at radius 3 is 1.97 bits per heavy atom. The standard InChI is InChI=1S/C19H28N6O9/c1-8(2)15(25-16(30)10(20)4-13(26)27)18(32)23-11(5-14(28)29)17(31)24-12(19(33)34)3-9-6-21-7-22-9/h6-8,10-12,15H,3-5,20H2,1-2H3,(H,21,22)(H,23,32)(H,24,31)(H,25,30)(H,26,27)(H,28,29)(H,33,34). The molecule has 0 aliphatic heterocycles. The summed E-state index contributed by atoms with van der Waals surface area (Å²) in [6.07, 6.45) is 0.928. The van der Waals surface area contributed by atoms with Gasteiger partial charge >= 0.3 is 17.9 Å². The minimum absolute atomic E-state index is 0.180. The fourth-order valence-corrected chi connectivity index (χ4v) is 2.81. The summed E-state index contributed by atoms with van der Waals surface area (Å²) in [5, 5.41) is 33.9.